The molecule has 0 aliphatic rings. The van der Waals surface area contributed by atoms with Crippen LogP contribution in [0.15, 0.2) is 128 Å². The van der Waals surface area contributed by atoms with Crippen LogP contribution in [0.4, 0.5) is 13.2 Å². The first kappa shape index (κ1) is 50.1. The molecule has 0 saturated carbocycles. The van der Waals surface area contributed by atoms with Gasteiger partial charge in [-0.25, -0.2) is 9.97 Å². The molecule has 0 unspecified atom stereocenters. The maximum atomic E-state index is 12.2. The van der Waals surface area contributed by atoms with E-state index >= 15 is 0 Å². The molecule has 12 nitrogen and oxygen atoms in total. The summed E-state index contributed by atoms with van der Waals surface area (Å²) in [6.45, 7) is 18.8. The predicted octanol–water partition coefficient (Wildman–Crippen LogP) is 10.2. The van der Waals surface area contributed by atoms with Crippen molar-refractivity contribution in [1.82, 2.24) is 60.0 Å². The van der Waals surface area contributed by atoms with Crippen molar-refractivity contribution in [3.63, 3.8) is 0 Å². The number of alkyl halides is 3. The largest absolute Gasteiger partial charge is 3.00 e. The Balaban J connectivity index is 0.000000186. The Labute approximate surface area is 385 Å². The summed E-state index contributed by atoms with van der Waals surface area (Å²) in [5, 5.41) is 6.47. The molecule has 330 valence electrons. The monoisotopic (exact) mass is 1040 g/mol. The van der Waals surface area contributed by atoms with Crippen LogP contribution in [0, 0.1) is 12.4 Å². The maximum Gasteiger partial charge on any atom is 3.00 e. The van der Waals surface area contributed by atoms with Crippen LogP contribution in [-0.4, -0.2) is 54.9 Å². The molecule has 16 heteroatoms. The van der Waals surface area contributed by atoms with Crippen molar-refractivity contribution in [2.75, 3.05) is 0 Å². The molecule has 0 aromatic carbocycles. The molecular weight excluding hydrogens is 994 g/mol. The van der Waals surface area contributed by atoms with E-state index in [1.54, 1.807) is 49.2 Å². The zero-order chi connectivity index (χ0) is 45.7. The minimum atomic E-state index is -4.46. The Kier molecular flexibility index (Phi) is 17.4. The van der Waals surface area contributed by atoms with E-state index in [1.807, 2.05) is 67.0 Å². The van der Waals surface area contributed by atoms with Crippen LogP contribution in [0.1, 0.15) is 85.5 Å². The number of halogens is 3. The topological polar surface area (TPSA) is 156 Å². The number of aromatic nitrogens is 12. The fraction of sp³-hybridized carbons (Fsp3) is 0.271. The normalized spacial score (nSPS) is 11.3. The summed E-state index contributed by atoms with van der Waals surface area (Å²) in [6, 6.07) is 23.1. The summed E-state index contributed by atoms with van der Waals surface area (Å²) in [5.41, 5.74) is 4.62. The van der Waals surface area contributed by atoms with Crippen molar-refractivity contribution in [2.45, 2.75) is 84.7 Å². The van der Waals surface area contributed by atoms with Gasteiger partial charge in [-0.3, -0.25) is 9.97 Å². The molecule has 0 amide bonds. The van der Waals surface area contributed by atoms with Crippen molar-refractivity contribution in [2.24, 2.45) is 0 Å². The Bertz CT molecular complexity index is 2340. The number of nitrogens with zero attached hydrogens (tertiary/aromatic N) is 12. The fourth-order valence-electron chi connectivity index (χ4n) is 5.06. The minimum Gasteiger partial charge on any atom is -0.573 e. The molecule has 8 aromatic heterocycles. The average molecular weight is 1040 g/mol. The van der Waals surface area contributed by atoms with Crippen LogP contribution < -0.4 is 5.10 Å². The van der Waals surface area contributed by atoms with Gasteiger partial charge in [-0.2, -0.15) is 13.2 Å². The van der Waals surface area contributed by atoms with Gasteiger partial charge in [-0.05, 0) is 77.1 Å². The molecule has 8 rings (SSSR count). The van der Waals surface area contributed by atoms with Crippen LogP contribution >= 0.6 is 0 Å². The third-order valence-electron chi connectivity index (χ3n) is 8.46. The second kappa shape index (κ2) is 22.2. The van der Waals surface area contributed by atoms with Crippen LogP contribution in [-0.2, 0) is 42.5 Å². The summed E-state index contributed by atoms with van der Waals surface area (Å²) < 4.78 is 36.6. The van der Waals surface area contributed by atoms with E-state index in [9.17, 15) is 13.2 Å². The van der Waals surface area contributed by atoms with Gasteiger partial charge in [0.15, 0.2) is 0 Å². The third-order valence-corrected chi connectivity index (χ3v) is 8.46. The molecule has 0 aliphatic carbocycles. The van der Waals surface area contributed by atoms with Crippen molar-refractivity contribution < 1.29 is 33.3 Å². The summed E-state index contributed by atoms with van der Waals surface area (Å²) >= 11 is 0. The van der Waals surface area contributed by atoms with Gasteiger partial charge >= 0.3 is 26.3 Å². The first-order chi connectivity index (χ1) is 29.8. The predicted molar refractivity (Wildman–Crippen MR) is 235 cm³/mol. The Morgan fingerprint density at radius 2 is 0.828 bits per heavy atom. The molecule has 0 radical (unpaired) electrons. The van der Waals surface area contributed by atoms with Gasteiger partial charge in [-0.15, -0.1) is 0 Å². The van der Waals surface area contributed by atoms with E-state index in [0.717, 1.165) is 57.3 Å². The molecule has 64 heavy (non-hydrogen) atoms. The Morgan fingerprint density at radius 3 is 1.14 bits per heavy atom. The Hall–Kier alpha value is -6.51. The van der Waals surface area contributed by atoms with Gasteiger partial charge in [0.05, 0.1) is 5.69 Å². The zero-order valence-electron chi connectivity index (χ0n) is 37.0. The van der Waals surface area contributed by atoms with Crippen molar-refractivity contribution in [1.29, 1.82) is 0 Å². The van der Waals surface area contributed by atoms with Gasteiger partial charge in [0.25, 0.3) is 0 Å². The molecule has 8 heterocycles. The van der Waals surface area contributed by atoms with Gasteiger partial charge in [0, 0.05) is 65.5 Å². The minimum absolute atomic E-state index is 0. The molecule has 0 atom stereocenters. The molecule has 0 saturated heterocycles. The number of hydrogen-bond acceptors (Lipinski definition) is 11. The second-order valence-corrected chi connectivity index (χ2v) is 17.0. The fourth-order valence-corrected chi connectivity index (χ4v) is 5.06. The molecule has 8 aromatic rings. The standard InChI is InChI=1S/C13H15N3.2C13H14N3.C9H5F3N3.Ir/c3*1-13(2,3)12-15-8-10(9-16-12)11-6-4-5-7-14-11;10-9(11,12)8-5-7(14-15-8)6-3-1-2-4-13-6;/h4-9H,1-3H3;2*4-8H,1-3H3;1-5H;/q;3*-1;+3. The van der Waals surface area contributed by atoms with E-state index in [1.165, 1.54) is 6.20 Å². The summed E-state index contributed by atoms with van der Waals surface area (Å²) in [5.74, 6) is 2.45. The van der Waals surface area contributed by atoms with Crippen molar-refractivity contribution >= 4 is 0 Å². The quantitative estimate of drug-likeness (QED) is 0.154. The van der Waals surface area contributed by atoms with Crippen LogP contribution in [0.3, 0.4) is 0 Å². The summed E-state index contributed by atoms with van der Waals surface area (Å²) in [7, 11) is 0. The van der Waals surface area contributed by atoms with Gasteiger partial charge in [0.1, 0.15) is 11.5 Å². The van der Waals surface area contributed by atoms with Crippen molar-refractivity contribution in [3.05, 3.63) is 164 Å². The zero-order valence-corrected chi connectivity index (χ0v) is 39.4. The van der Waals surface area contributed by atoms with Crippen LogP contribution in [0.5, 0.6) is 0 Å². The molecule has 0 aliphatic heterocycles. The SMILES string of the molecule is CC(C)(C)c1n[c-]c(-c2ccccn2)cn1.CC(C)(C)c1n[c-]c(-c2ccccn2)cn1.CC(C)(C)c1ncc(-c2ccccn2)cn1.FC(F)(F)c1cc(-c2ccccn2)[n-]n1.[Ir+3]. The van der Waals surface area contributed by atoms with E-state index in [-0.39, 0.29) is 42.0 Å². The number of hydrogen-bond donors (Lipinski definition) is 0. The van der Waals surface area contributed by atoms with Gasteiger partial charge in [-0.1, -0.05) is 128 Å². The molecule has 0 fully saturated rings. The third kappa shape index (κ3) is 15.1. The van der Waals surface area contributed by atoms with E-state index < -0.39 is 11.9 Å². The smallest absolute Gasteiger partial charge is 0.573 e. The van der Waals surface area contributed by atoms with E-state index in [2.05, 4.69) is 135 Å². The summed E-state index contributed by atoms with van der Waals surface area (Å²) in [4.78, 5) is 42.5. The molecule has 0 bridgehead atoms. The average Bonchev–Trinajstić information content (AvgIpc) is 3.80. The maximum absolute atomic E-state index is 12.2. The Morgan fingerprint density at radius 1 is 0.453 bits per heavy atom. The number of pyridine rings is 4. The van der Waals surface area contributed by atoms with Gasteiger partial charge in [0.2, 0.25) is 0 Å². The van der Waals surface area contributed by atoms with Gasteiger partial charge < -0.3 is 40.1 Å². The van der Waals surface area contributed by atoms with E-state index in [0.29, 0.717) is 5.69 Å². The molecular formula is C48H48F3IrN12. The summed E-state index contributed by atoms with van der Waals surface area (Å²) in [6.07, 6.45) is 15.5. The number of rotatable bonds is 4. The molecule has 0 N–H and O–H groups in total. The van der Waals surface area contributed by atoms with Crippen molar-refractivity contribution in [3.8, 4) is 45.2 Å². The van der Waals surface area contributed by atoms with E-state index in [4.69, 9.17) is 0 Å². The van der Waals surface area contributed by atoms with Crippen LogP contribution in [0.25, 0.3) is 45.2 Å². The molecule has 0 spiro atoms. The first-order valence-electron chi connectivity index (χ1n) is 19.8. The second-order valence-electron chi connectivity index (χ2n) is 17.0. The first-order valence-corrected chi connectivity index (χ1v) is 19.8. The van der Waals surface area contributed by atoms with Crippen LogP contribution in [0.2, 0.25) is 0 Å².